The molecule has 0 saturated carbocycles. The van der Waals surface area contributed by atoms with Crippen LogP contribution in [0.4, 0.5) is 0 Å². The maximum Gasteiger partial charge on any atom is 0.317 e. The molecule has 0 aliphatic carbocycles. The number of ether oxygens (including phenoxy) is 1. The van der Waals surface area contributed by atoms with Gasteiger partial charge in [0.2, 0.25) is 0 Å². The molecule has 0 amide bonds. The van der Waals surface area contributed by atoms with Gasteiger partial charge >= 0.3 is 5.97 Å². The van der Waals surface area contributed by atoms with Crippen LogP contribution in [0.3, 0.4) is 0 Å². The largest absolute Gasteiger partial charge is 0.465 e. The lowest BCUT2D eigenvalue weighted by Gasteiger charge is -2.40. The number of benzene rings is 1. The van der Waals surface area contributed by atoms with Crippen molar-refractivity contribution >= 4 is 5.97 Å². The molecule has 0 N–H and O–H groups in total. The number of likely N-dealkylation sites (tertiary alicyclic amines) is 1. The van der Waals surface area contributed by atoms with Gasteiger partial charge in [-0.1, -0.05) is 24.3 Å². The second-order valence-corrected chi connectivity index (χ2v) is 5.46. The summed E-state index contributed by atoms with van der Waals surface area (Å²) in [5, 5.41) is 0. The van der Waals surface area contributed by atoms with Crippen molar-refractivity contribution in [2.45, 2.75) is 32.1 Å². The summed E-state index contributed by atoms with van der Waals surface area (Å²) in [6.45, 7) is 6.18. The van der Waals surface area contributed by atoms with Gasteiger partial charge in [-0.15, -0.1) is 0 Å². The van der Waals surface area contributed by atoms with E-state index >= 15 is 0 Å². The van der Waals surface area contributed by atoms with E-state index in [9.17, 15) is 4.79 Å². The second-order valence-electron chi connectivity index (χ2n) is 5.46. The maximum absolute atomic E-state index is 12.6. The molecule has 1 fully saturated rings. The van der Waals surface area contributed by atoms with Gasteiger partial charge in [-0.3, -0.25) is 4.79 Å². The van der Waals surface area contributed by atoms with Crippen molar-refractivity contribution in [1.29, 1.82) is 0 Å². The number of likely N-dealkylation sites (N-methyl/N-ethyl adjacent to an activating group) is 1. The molecule has 0 spiro atoms. The van der Waals surface area contributed by atoms with Crippen molar-refractivity contribution in [3.8, 4) is 0 Å². The third-order valence-electron chi connectivity index (χ3n) is 4.01. The average Bonchev–Trinajstić information content (AvgIpc) is 2.39. The fourth-order valence-corrected chi connectivity index (χ4v) is 3.15. The minimum absolute atomic E-state index is 0.0733. The quantitative estimate of drug-likeness (QED) is 0.783. The zero-order chi connectivity index (χ0) is 13.9. The molecule has 1 heterocycles. The van der Waals surface area contributed by atoms with E-state index in [0.717, 1.165) is 31.5 Å². The summed E-state index contributed by atoms with van der Waals surface area (Å²) in [4.78, 5) is 14.8. The van der Waals surface area contributed by atoms with Crippen LogP contribution in [-0.2, 0) is 14.9 Å². The molecule has 0 aromatic heterocycles. The zero-order valence-electron chi connectivity index (χ0n) is 12.1. The Morgan fingerprint density at radius 2 is 2.16 bits per heavy atom. The van der Waals surface area contributed by atoms with Gasteiger partial charge < -0.3 is 9.64 Å². The van der Waals surface area contributed by atoms with Gasteiger partial charge in [0, 0.05) is 6.54 Å². The van der Waals surface area contributed by atoms with Crippen LogP contribution < -0.4 is 0 Å². The molecule has 3 nitrogen and oxygen atoms in total. The summed E-state index contributed by atoms with van der Waals surface area (Å²) in [7, 11) is 2.07. The van der Waals surface area contributed by atoms with Gasteiger partial charge in [-0.25, -0.2) is 0 Å². The molecule has 1 aromatic rings. The SMILES string of the molecule is CCOC(=O)C1(c2ccccc2C)CCCN(C)C1. The molecule has 1 unspecified atom stereocenters. The smallest absolute Gasteiger partial charge is 0.317 e. The van der Waals surface area contributed by atoms with Crippen molar-refractivity contribution in [3.05, 3.63) is 35.4 Å². The van der Waals surface area contributed by atoms with Crippen LogP contribution in [0, 0.1) is 6.92 Å². The number of carbonyl (C=O) groups excluding carboxylic acids is 1. The van der Waals surface area contributed by atoms with Crippen LogP contribution in [0.15, 0.2) is 24.3 Å². The predicted molar refractivity (Wildman–Crippen MR) is 76.2 cm³/mol. The van der Waals surface area contributed by atoms with Crippen molar-refractivity contribution in [1.82, 2.24) is 4.90 Å². The van der Waals surface area contributed by atoms with Crippen molar-refractivity contribution < 1.29 is 9.53 Å². The Kier molecular flexibility index (Phi) is 4.25. The van der Waals surface area contributed by atoms with E-state index in [-0.39, 0.29) is 5.97 Å². The molecule has 1 aliphatic rings. The molecular formula is C16H23NO2. The summed E-state index contributed by atoms with van der Waals surface area (Å²) in [6, 6.07) is 8.18. The minimum Gasteiger partial charge on any atom is -0.465 e. The lowest BCUT2D eigenvalue weighted by atomic mass is 9.72. The van der Waals surface area contributed by atoms with Crippen molar-refractivity contribution in [2.75, 3.05) is 26.7 Å². The van der Waals surface area contributed by atoms with Gasteiger partial charge in [0.1, 0.15) is 5.41 Å². The Balaban J connectivity index is 2.45. The first kappa shape index (κ1) is 14.1. The highest BCUT2D eigenvalue weighted by Gasteiger charge is 2.44. The molecule has 1 aliphatic heterocycles. The molecule has 1 aromatic carbocycles. The lowest BCUT2D eigenvalue weighted by Crippen LogP contribution is -2.50. The van der Waals surface area contributed by atoms with Gasteiger partial charge in [0.05, 0.1) is 6.61 Å². The van der Waals surface area contributed by atoms with Crippen molar-refractivity contribution in [3.63, 3.8) is 0 Å². The molecular weight excluding hydrogens is 238 g/mol. The molecule has 19 heavy (non-hydrogen) atoms. The van der Waals surface area contributed by atoms with Gasteiger partial charge in [0.25, 0.3) is 0 Å². The van der Waals surface area contributed by atoms with Crippen LogP contribution in [0.25, 0.3) is 0 Å². The summed E-state index contributed by atoms with van der Waals surface area (Å²) in [5.74, 6) is -0.0733. The second kappa shape index (κ2) is 5.74. The van der Waals surface area contributed by atoms with Crippen LogP contribution >= 0.6 is 0 Å². The summed E-state index contributed by atoms with van der Waals surface area (Å²) >= 11 is 0. The van der Waals surface area contributed by atoms with E-state index in [1.165, 1.54) is 5.56 Å². The average molecular weight is 261 g/mol. The van der Waals surface area contributed by atoms with E-state index in [1.54, 1.807) is 0 Å². The first-order chi connectivity index (χ1) is 9.10. The van der Waals surface area contributed by atoms with Crippen molar-refractivity contribution in [2.24, 2.45) is 0 Å². The Bertz CT molecular complexity index is 458. The third-order valence-corrected chi connectivity index (χ3v) is 4.01. The number of esters is 1. The molecule has 0 radical (unpaired) electrons. The lowest BCUT2D eigenvalue weighted by molar-refractivity contribution is -0.152. The number of piperidine rings is 1. The first-order valence-electron chi connectivity index (χ1n) is 7.02. The fraction of sp³-hybridized carbons (Fsp3) is 0.562. The standard InChI is InChI=1S/C16H23NO2/c1-4-19-15(18)16(10-7-11-17(3)12-16)14-9-6-5-8-13(14)2/h5-6,8-9H,4,7,10-12H2,1-3H3. The normalized spacial score (nSPS) is 24.2. The van der Waals surface area contributed by atoms with E-state index in [1.807, 2.05) is 19.1 Å². The maximum atomic E-state index is 12.6. The molecule has 1 saturated heterocycles. The predicted octanol–water partition coefficient (Wildman–Crippen LogP) is 2.52. The number of hydrogen-bond acceptors (Lipinski definition) is 3. The van der Waals surface area contributed by atoms with Crippen LogP contribution in [-0.4, -0.2) is 37.6 Å². The Morgan fingerprint density at radius 1 is 1.42 bits per heavy atom. The van der Waals surface area contributed by atoms with E-state index in [4.69, 9.17) is 4.74 Å². The van der Waals surface area contributed by atoms with Gasteiger partial charge in [0.15, 0.2) is 0 Å². The highest BCUT2D eigenvalue weighted by molar-refractivity contribution is 5.84. The Labute approximate surface area is 115 Å². The summed E-state index contributed by atoms with van der Waals surface area (Å²) in [5.41, 5.74) is 1.81. The van der Waals surface area contributed by atoms with Gasteiger partial charge in [-0.05, 0) is 51.4 Å². The topological polar surface area (TPSA) is 29.5 Å². The zero-order valence-corrected chi connectivity index (χ0v) is 12.1. The number of carbonyl (C=O) groups is 1. The highest BCUT2D eigenvalue weighted by atomic mass is 16.5. The number of aryl methyl sites for hydroxylation is 1. The van der Waals surface area contributed by atoms with Crippen LogP contribution in [0.5, 0.6) is 0 Å². The molecule has 104 valence electrons. The fourth-order valence-electron chi connectivity index (χ4n) is 3.15. The molecule has 2 rings (SSSR count). The Hall–Kier alpha value is -1.35. The van der Waals surface area contributed by atoms with Crippen LogP contribution in [0.2, 0.25) is 0 Å². The monoisotopic (exact) mass is 261 g/mol. The number of hydrogen-bond donors (Lipinski definition) is 0. The molecule has 1 atom stereocenters. The summed E-state index contributed by atoms with van der Waals surface area (Å²) in [6.07, 6.45) is 1.91. The number of nitrogens with zero attached hydrogens (tertiary/aromatic N) is 1. The minimum atomic E-state index is -0.492. The van der Waals surface area contributed by atoms with E-state index in [2.05, 4.69) is 31.0 Å². The molecule has 3 heteroatoms. The first-order valence-corrected chi connectivity index (χ1v) is 7.02. The van der Waals surface area contributed by atoms with Crippen LogP contribution in [0.1, 0.15) is 30.9 Å². The van der Waals surface area contributed by atoms with E-state index < -0.39 is 5.41 Å². The number of rotatable bonds is 3. The highest BCUT2D eigenvalue weighted by Crippen LogP contribution is 2.36. The van der Waals surface area contributed by atoms with Gasteiger partial charge in [-0.2, -0.15) is 0 Å². The molecule has 0 bridgehead atoms. The Morgan fingerprint density at radius 3 is 2.79 bits per heavy atom. The van der Waals surface area contributed by atoms with E-state index in [0.29, 0.717) is 6.61 Å². The summed E-state index contributed by atoms with van der Waals surface area (Å²) < 4.78 is 5.38. The third kappa shape index (κ3) is 2.66.